The summed E-state index contributed by atoms with van der Waals surface area (Å²) in [6.07, 6.45) is 1.06. The molecule has 31 heavy (non-hydrogen) atoms. The third-order valence-electron chi connectivity index (χ3n) is 6.17. The zero-order valence-electron chi connectivity index (χ0n) is 17.1. The fourth-order valence-corrected chi connectivity index (χ4v) is 4.66. The minimum Gasteiger partial charge on any atom is -0.469 e. The SMILES string of the molecule is O=C1OC[C@H](c2ccccc2)N1C(=O)[C@H]1CN(Cc2ccccc2)C[C@@H]1c1ccco1. The van der Waals surface area contributed by atoms with Crippen molar-refractivity contribution >= 4 is 12.0 Å². The molecule has 5 rings (SSSR count). The maximum atomic E-state index is 13.7. The summed E-state index contributed by atoms with van der Waals surface area (Å²) >= 11 is 0. The van der Waals surface area contributed by atoms with Gasteiger partial charge in [0.25, 0.3) is 0 Å². The highest BCUT2D eigenvalue weighted by molar-refractivity contribution is 5.95. The molecule has 0 saturated carbocycles. The number of carbonyl (C=O) groups excluding carboxylic acids is 2. The lowest BCUT2D eigenvalue weighted by atomic mass is 9.91. The summed E-state index contributed by atoms with van der Waals surface area (Å²) in [5.74, 6) is 0.0776. The fourth-order valence-electron chi connectivity index (χ4n) is 4.66. The summed E-state index contributed by atoms with van der Waals surface area (Å²) in [5, 5.41) is 0. The first-order valence-electron chi connectivity index (χ1n) is 10.5. The van der Waals surface area contributed by atoms with Crippen molar-refractivity contribution in [1.29, 1.82) is 0 Å². The number of rotatable bonds is 5. The van der Waals surface area contributed by atoms with Crippen LogP contribution >= 0.6 is 0 Å². The highest BCUT2D eigenvalue weighted by Gasteiger charge is 2.47. The Hall–Kier alpha value is -3.38. The van der Waals surface area contributed by atoms with Crippen molar-refractivity contribution in [3.05, 3.63) is 95.9 Å². The molecule has 0 unspecified atom stereocenters. The van der Waals surface area contributed by atoms with Gasteiger partial charge in [-0.25, -0.2) is 9.69 Å². The Bertz CT molecular complexity index is 1040. The molecule has 158 valence electrons. The molecule has 2 fully saturated rings. The number of likely N-dealkylation sites (tertiary alicyclic amines) is 1. The van der Waals surface area contributed by atoms with E-state index in [1.165, 1.54) is 10.5 Å². The van der Waals surface area contributed by atoms with Crippen LogP contribution in [0.2, 0.25) is 0 Å². The lowest BCUT2D eigenvalue weighted by Crippen LogP contribution is -2.41. The second-order valence-corrected chi connectivity index (χ2v) is 8.12. The van der Waals surface area contributed by atoms with E-state index >= 15 is 0 Å². The second-order valence-electron chi connectivity index (χ2n) is 8.12. The van der Waals surface area contributed by atoms with E-state index < -0.39 is 12.1 Å². The summed E-state index contributed by atoms with van der Waals surface area (Å²) in [5.41, 5.74) is 2.09. The van der Waals surface area contributed by atoms with Gasteiger partial charge in [-0.15, -0.1) is 0 Å². The van der Waals surface area contributed by atoms with Crippen LogP contribution in [0, 0.1) is 5.92 Å². The first-order valence-corrected chi connectivity index (χ1v) is 10.5. The quantitative estimate of drug-likeness (QED) is 0.623. The molecule has 0 aliphatic carbocycles. The number of benzene rings is 2. The van der Waals surface area contributed by atoms with Gasteiger partial charge in [-0.3, -0.25) is 9.69 Å². The Kier molecular flexibility index (Phi) is 5.30. The normalized spacial score (nSPS) is 23.8. The number of hydrogen-bond donors (Lipinski definition) is 0. The first-order chi connectivity index (χ1) is 15.2. The molecule has 3 heterocycles. The van der Waals surface area contributed by atoms with Gasteiger partial charge in [0.05, 0.1) is 12.2 Å². The average molecular weight is 416 g/mol. The monoisotopic (exact) mass is 416 g/mol. The lowest BCUT2D eigenvalue weighted by Gasteiger charge is -2.25. The molecule has 0 radical (unpaired) electrons. The highest BCUT2D eigenvalue weighted by Crippen LogP contribution is 2.38. The maximum Gasteiger partial charge on any atom is 0.417 e. The number of amides is 2. The van der Waals surface area contributed by atoms with E-state index in [2.05, 4.69) is 17.0 Å². The van der Waals surface area contributed by atoms with Crippen molar-refractivity contribution in [3.8, 4) is 0 Å². The minimum absolute atomic E-state index is 0.115. The highest BCUT2D eigenvalue weighted by atomic mass is 16.6. The van der Waals surface area contributed by atoms with Gasteiger partial charge >= 0.3 is 6.09 Å². The Labute approximate surface area is 181 Å². The molecular formula is C25H24N2O4. The molecule has 6 nitrogen and oxygen atoms in total. The van der Waals surface area contributed by atoms with Crippen molar-refractivity contribution in [2.45, 2.75) is 18.5 Å². The topological polar surface area (TPSA) is 63.0 Å². The smallest absolute Gasteiger partial charge is 0.417 e. The van der Waals surface area contributed by atoms with Crippen molar-refractivity contribution in [1.82, 2.24) is 9.80 Å². The Morgan fingerprint density at radius 1 is 0.935 bits per heavy atom. The number of carbonyl (C=O) groups is 2. The molecule has 0 N–H and O–H groups in total. The lowest BCUT2D eigenvalue weighted by molar-refractivity contribution is -0.133. The number of furan rings is 1. The molecule has 2 aromatic carbocycles. The number of nitrogens with zero attached hydrogens (tertiary/aromatic N) is 2. The predicted molar refractivity (Wildman–Crippen MR) is 114 cm³/mol. The van der Waals surface area contributed by atoms with E-state index in [0.29, 0.717) is 13.1 Å². The summed E-state index contributed by atoms with van der Waals surface area (Å²) in [6.45, 7) is 2.18. The number of cyclic esters (lactones) is 1. The van der Waals surface area contributed by atoms with Gasteiger partial charge in [-0.2, -0.15) is 0 Å². The molecule has 2 amide bonds. The van der Waals surface area contributed by atoms with E-state index in [1.54, 1.807) is 6.26 Å². The van der Waals surface area contributed by atoms with Crippen molar-refractivity contribution in [2.24, 2.45) is 5.92 Å². The van der Waals surface area contributed by atoms with Crippen LogP contribution in [0.15, 0.2) is 83.5 Å². The summed E-state index contributed by atoms with van der Waals surface area (Å²) in [4.78, 5) is 29.8. The van der Waals surface area contributed by atoms with Crippen LogP contribution in [-0.2, 0) is 16.1 Å². The molecule has 2 saturated heterocycles. The maximum absolute atomic E-state index is 13.7. The van der Waals surface area contributed by atoms with E-state index in [4.69, 9.17) is 9.15 Å². The van der Waals surface area contributed by atoms with E-state index in [-0.39, 0.29) is 24.3 Å². The van der Waals surface area contributed by atoms with E-state index in [9.17, 15) is 9.59 Å². The predicted octanol–water partition coefficient (Wildman–Crippen LogP) is 4.22. The third-order valence-corrected chi connectivity index (χ3v) is 6.17. The van der Waals surface area contributed by atoms with E-state index in [1.807, 2.05) is 60.7 Å². The summed E-state index contributed by atoms with van der Waals surface area (Å²) in [7, 11) is 0. The third kappa shape index (κ3) is 3.86. The molecule has 0 bridgehead atoms. The standard InChI is InChI=1S/C25H24N2O4/c28-24(27-22(17-31-25(27)29)19-10-5-2-6-11-19)21-16-26(14-18-8-3-1-4-9-18)15-20(21)23-12-7-13-30-23/h1-13,20-22H,14-17H2/t20-,21-,22+/m0/s1. The Morgan fingerprint density at radius 3 is 2.39 bits per heavy atom. The van der Waals surface area contributed by atoms with Gasteiger partial charge in [0.15, 0.2) is 0 Å². The van der Waals surface area contributed by atoms with Crippen molar-refractivity contribution in [2.75, 3.05) is 19.7 Å². The fraction of sp³-hybridized carbons (Fsp3) is 0.280. The van der Waals surface area contributed by atoms with Crippen molar-refractivity contribution < 1.29 is 18.7 Å². The number of imide groups is 1. The Morgan fingerprint density at radius 2 is 1.68 bits per heavy atom. The number of ether oxygens (including phenoxy) is 1. The molecule has 3 aromatic rings. The van der Waals surface area contributed by atoms with Crippen LogP contribution in [0.1, 0.15) is 28.8 Å². The molecule has 2 aliphatic heterocycles. The van der Waals surface area contributed by atoms with E-state index in [0.717, 1.165) is 17.9 Å². The van der Waals surface area contributed by atoms with Crippen LogP contribution in [0.25, 0.3) is 0 Å². The summed E-state index contributed by atoms with van der Waals surface area (Å²) < 4.78 is 11.0. The van der Waals surface area contributed by atoms with Crippen LogP contribution in [-0.4, -0.2) is 41.5 Å². The Balaban J connectivity index is 1.41. The number of hydrogen-bond acceptors (Lipinski definition) is 5. The molecule has 6 heteroatoms. The van der Waals surface area contributed by atoms with Gasteiger partial charge in [0, 0.05) is 25.6 Å². The van der Waals surface area contributed by atoms with Gasteiger partial charge in [0.2, 0.25) is 5.91 Å². The molecule has 1 aromatic heterocycles. The van der Waals surface area contributed by atoms with Gasteiger partial charge in [-0.05, 0) is 23.3 Å². The van der Waals surface area contributed by atoms with Gasteiger partial charge in [0.1, 0.15) is 18.4 Å². The minimum atomic E-state index is -0.571. The summed E-state index contributed by atoms with van der Waals surface area (Å²) in [6, 6.07) is 23.1. The van der Waals surface area contributed by atoms with Crippen LogP contribution in [0.4, 0.5) is 4.79 Å². The van der Waals surface area contributed by atoms with Crippen LogP contribution in [0.5, 0.6) is 0 Å². The van der Waals surface area contributed by atoms with Crippen LogP contribution in [0.3, 0.4) is 0 Å². The van der Waals surface area contributed by atoms with Gasteiger partial charge in [-0.1, -0.05) is 60.7 Å². The first kappa shape index (κ1) is 19.6. The molecule has 0 spiro atoms. The largest absolute Gasteiger partial charge is 0.469 e. The van der Waals surface area contributed by atoms with Gasteiger partial charge < -0.3 is 9.15 Å². The van der Waals surface area contributed by atoms with Crippen LogP contribution < -0.4 is 0 Å². The zero-order chi connectivity index (χ0) is 21.2. The second kappa shape index (κ2) is 8.40. The molecular weight excluding hydrogens is 392 g/mol. The van der Waals surface area contributed by atoms with Crippen molar-refractivity contribution in [3.63, 3.8) is 0 Å². The average Bonchev–Trinajstić information content (AvgIpc) is 3.54. The molecule has 3 atom stereocenters. The zero-order valence-corrected chi connectivity index (χ0v) is 17.1. The molecule has 2 aliphatic rings.